The van der Waals surface area contributed by atoms with Crippen LogP contribution in [0.5, 0.6) is 0 Å². The van der Waals surface area contributed by atoms with Gasteiger partial charge in [-0.15, -0.1) is 0 Å². The minimum Gasteiger partial charge on any atom is -0.480 e. The van der Waals surface area contributed by atoms with E-state index in [2.05, 4.69) is 41.2 Å². The fourth-order valence-corrected chi connectivity index (χ4v) is 2.48. The van der Waals surface area contributed by atoms with Gasteiger partial charge >= 0.3 is 5.97 Å². The molecule has 0 aliphatic carbocycles. The van der Waals surface area contributed by atoms with Crippen molar-refractivity contribution in [3.8, 4) is 0 Å². The number of unbranched alkanes of at least 4 members (excludes halogenated alkanes) is 1. The molecule has 0 heterocycles. The Labute approximate surface area is 169 Å². The molecule has 27 heavy (non-hydrogen) atoms. The van der Waals surface area contributed by atoms with E-state index in [0.717, 1.165) is 6.42 Å². The summed E-state index contributed by atoms with van der Waals surface area (Å²) < 4.78 is 0. The summed E-state index contributed by atoms with van der Waals surface area (Å²) >= 11 is 7.88. The number of thiol groups is 2. The van der Waals surface area contributed by atoms with Gasteiger partial charge in [-0.3, -0.25) is 14.4 Å². The van der Waals surface area contributed by atoms with Gasteiger partial charge in [0.05, 0.1) is 6.04 Å². The molecule has 0 saturated heterocycles. The fraction of sp³-hybridized carbons (Fsp3) is 0.733. The van der Waals surface area contributed by atoms with Gasteiger partial charge in [-0.05, 0) is 26.3 Å². The summed E-state index contributed by atoms with van der Waals surface area (Å²) in [5.41, 5.74) is 11.2. The van der Waals surface area contributed by atoms with E-state index in [-0.39, 0.29) is 11.5 Å². The first-order valence-electron chi connectivity index (χ1n) is 8.49. The van der Waals surface area contributed by atoms with Crippen LogP contribution in [0.3, 0.4) is 0 Å². The number of aliphatic carboxylic acids is 1. The van der Waals surface area contributed by atoms with Crippen molar-refractivity contribution in [2.24, 2.45) is 11.5 Å². The van der Waals surface area contributed by atoms with Crippen LogP contribution in [0.4, 0.5) is 0 Å². The molecular formula is C15H29N5O5S2. The highest BCUT2D eigenvalue weighted by molar-refractivity contribution is 7.80. The van der Waals surface area contributed by atoms with Gasteiger partial charge in [0.15, 0.2) is 0 Å². The molecule has 0 fully saturated rings. The van der Waals surface area contributed by atoms with E-state index < -0.39 is 47.9 Å². The summed E-state index contributed by atoms with van der Waals surface area (Å²) in [5, 5.41) is 16.1. The molecule has 8 N–H and O–H groups in total. The first kappa shape index (κ1) is 25.5. The standard InChI is InChI=1S/C15H29N5O5S2/c1-8(12(21)20-11(7-27)15(24)25)18-14(23)10(6-26)19-13(22)9(17)4-2-3-5-16/h8-11,26-27H,2-7,16-17H2,1H3,(H,18,23)(H,19,22)(H,20,21)(H,24,25). The minimum absolute atomic E-state index is 0.00414. The van der Waals surface area contributed by atoms with Crippen LogP contribution in [0.15, 0.2) is 0 Å². The van der Waals surface area contributed by atoms with Gasteiger partial charge in [0.2, 0.25) is 17.7 Å². The highest BCUT2D eigenvalue weighted by atomic mass is 32.1. The van der Waals surface area contributed by atoms with Gasteiger partial charge in [-0.2, -0.15) is 25.3 Å². The Morgan fingerprint density at radius 3 is 1.96 bits per heavy atom. The second-order valence-corrected chi connectivity index (χ2v) is 6.68. The third-order valence-corrected chi connectivity index (χ3v) is 4.40. The molecule has 4 unspecified atom stereocenters. The van der Waals surface area contributed by atoms with Gasteiger partial charge in [0.25, 0.3) is 0 Å². The number of carboxylic acid groups (broad SMARTS) is 1. The fourth-order valence-electron chi connectivity index (χ4n) is 1.97. The largest absolute Gasteiger partial charge is 0.480 e. The van der Waals surface area contributed by atoms with E-state index in [1.54, 1.807) is 0 Å². The highest BCUT2D eigenvalue weighted by Crippen LogP contribution is 2.00. The SMILES string of the molecule is CC(NC(=O)C(CS)NC(=O)C(N)CCCCN)C(=O)NC(CS)C(=O)O. The lowest BCUT2D eigenvalue weighted by atomic mass is 10.1. The zero-order valence-corrected chi connectivity index (χ0v) is 17.0. The van der Waals surface area contributed by atoms with Crippen molar-refractivity contribution in [1.82, 2.24) is 16.0 Å². The predicted molar refractivity (Wildman–Crippen MR) is 108 cm³/mol. The number of rotatable bonds is 13. The number of amides is 3. The molecule has 3 amide bonds. The zero-order chi connectivity index (χ0) is 21.0. The molecule has 10 nitrogen and oxygen atoms in total. The molecule has 0 aromatic rings. The molecule has 0 aromatic carbocycles. The van der Waals surface area contributed by atoms with E-state index in [1.807, 2.05) is 0 Å². The smallest absolute Gasteiger partial charge is 0.327 e. The van der Waals surface area contributed by atoms with Crippen LogP contribution in [-0.2, 0) is 19.2 Å². The van der Waals surface area contributed by atoms with E-state index in [4.69, 9.17) is 16.6 Å². The maximum atomic E-state index is 12.3. The van der Waals surface area contributed by atoms with Crippen LogP contribution in [0.25, 0.3) is 0 Å². The van der Waals surface area contributed by atoms with Crippen molar-refractivity contribution in [2.75, 3.05) is 18.1 Å². The van der Waals surface area contributed by atoms with Crippen LogP contribution in [-0.4, -0.2) is 71.0 Å². The maximum Gasteiger partial charge on any atom is 0.327 e. The first-order valence-corrected chi connectivity index (χ1v) is 9.75. The number of nitrogens with two attached hydrogens (primary N) is 2. The summed E-state index contributed by atoms with van der Waals surface area (Å²) in [6.07, 6.45) is 1.87. The summed E-state index contributed by atoms with van der Waals surface area (Å²) in [7, 11) is 0. The van der Waals surface area contributed by atoms with Crippen LogP contribution in [0.1, 0.15) is 26.2 Å². The van der Waals surface area contributed by atoms with Crippen molar-refractivity contribution >= 4 is 48.9 Å². The number of nitrogens with one attached hydrogen (secondary N) is 3. The Kier molecular flexibility index (Phi) is 12.9. The summed E-state index contributed by atoms with van der Waals surface area (Å²) in [4.78, 5) is 47.2. The second kappa shape index (κ2) is 13.6. The third-order valence-electron chi connectivity index (χ3n) is 3.67. The summed E-state index contributed by atoms with van der Waals surface area (Å²) in [5.74, 6) is -3.16. The van der Waals surface area contributed by atoms with Gasteiger partial charge in [-0.1, -0.05) is 6.42 Å². The second-order valence-electron chi connectivity index (χ2n) is 5.95. The Morgan fingerprint density at radius 1 is 0.926 bits per heavy atom. The van der Waals surface area contributed by atoms with Crippen molar-refractivity contribution in [3.63, 3.8) is 0 Å². The van der Waals surface area contributed by atoms with Gasteiger partial charge in [0, 0.05) is 11.5 Å². The minimum atomic E-state index is -1.24. The Balaban J connectivity index is 4.63. The molecule has 0 radical (unpaired) electrons. The molecule has 4 atom stereocenters. The molecule has 0 spiro atoms. The van der Waals surface area contributed by atoms with Crippen LogP contribution >= 0.6 is 25.3 Å². The number of carboxylic acids is 1. The lowest BCUT2D eigenvalue weighted by molar-refractivity contribution is -0.141. The van der Waals surface area contributed by atoms with Crippen LogP contribution < -0.4 is 27.4 Å². The van der Waals surface area contributed by atoms with Gasteiger partial charge in [-0.25, -0.2) is 4.79 Å². The number of carbonyl (C=O) groups excluding carboxylic acids is 3. The number of hydrogen-bond donors (Lipinski definition) is 8. The molecule has 0 bridgehead atoms. The maximum absolute atomic E-state index is 12.3. The number of carbonyl (C=O) groups is 4. The molecule has 0 aliphatic heterocycles. The molecule has 0 rings (SSSR count). The van der Waals surface area contributed by atoms with Gasteiger partial charge < -0.3 is 32.5 Å². The van der Waals surface area contributed by atoms with E-state index in [1.165, 1.54) is 6.92 Å². The van der Waals surface area contributed by atoms with Crippen molar-refractivity contribution in [1.29, 1.82) is 0 Å². The zero-order valence-electron chi connectivity index (χ0n) is 15.2. The molecule has 0 aliphatic rings. The van der Waals surface area contributed by atoms with E-state index in [0.29, 0.717) is 19.4 Å². The Hall–Kier alpha value is -1.50. The van der Waals surface area contributed by atoms with Crippen LogP contribution in [0.2, 0.25) is 0 Å². The normalized spacial score (nSPS) is 15.1. The first-order chi connectivity index (χ1) is 12.7. The highest BCUT2D eigenvalue weighted by Gasteiger charge is 2.27. The molecule has 12 heteroatoms. The molecule has 0 aromatic heterocycles. The van der Waals surface area contributed by atoms with Gasteiger partial charge in [0.1, 0.15) is 18.1 Å². The molecular weight excluding hydrogens is 394 g/mol. The topological polar surface area (TPSA) is 177 Å². The Morgan fingerprint density at radius 2 is 1.48 bits per heavy atom. The van der Waals surface area contributed by atoms with E-state index in [9.17, 15) is 19.2 Å². The monoisotopic (exact) mass is 423 g/mol. The van der Waals surface area contributed by atoms with Crippen molar-refractivity contribution in [3.05, 3.63) is 0 Å². The Bertz CT molecular complexity index is 523. The van der Waals surface area contributed by atoms with Crippen molar-refractivity contribution in [2.45, 2.75) is 50.4 Å². The molecule has 0 saturated carbocycles. The summed E-state index contributed by atoms with van der Waals surface area (Å²) in [6.45, 7) is 1.90. The van der Waals surface area contributed by atoms with Crippen LogP contribution in [0, 0.1) is 0 Å². The quantitative estimate of drug-likeness (QED) is 0.123. The average Bonchev–Trinajstić information content (AvgIpc) is 2.62. The predicted octanol–water partition coefficient (Wildman–Crippen LogP) is -2.14. The lowest BCUT2D eigenvalue weighted by Crippen LogP contribution is -2.57. The van der Waals surface area contributed by atoms with Crippen molar-refractivity contribution < 1.29 is 24.3 Å². The average molecular weight is 424 g/mol. The number of hydrogen-bond acceptors (Lipinski definition) is 8. The lowest BCUT2D eigenvalue weighted by Gasteiger charge is -2.22. The third kappa shape index (κ3) is 9.84. The summed E-state index contributed by atoms with van der Waals surface area (Å²) in [6, 6.07) is -3.96. The van der Waals surface area contributed by atoms with E-state index >= 15 is 0 Å². The molecule has 156 valence electrons.